The van der Waals surface area contributed by atoms with Gasteiger partial charge in [0.1, 0.15) is 34.6 Å². The fraction of sp³-hybridized carbons (Fsp3) is 0.0213. The van der Waals surface area contributed by atoms with Gasteiger partial charge in [-0.2, -0.15) is 0 Å². The topological polar surface area (TPSA) is 24.9 Å². The lowest BCUT2D eigenvalue weighted by molar-refractivity contribution is 0.482. The lowest BCUT2D eigenvalue weighted by atomic mass is 9.67. The monoisotopic (exact) mass is 1320 g/mol. The summed E-state index contributed by atoms with van der Waals surface area (Å²) in [4.78, 5) is 4.50. The van der Waals surface area contributed by atoms with Crippen LogP contribution in [0.3, 0.4) is 0 Å². The van der Waals surface area contributed by atoms with Gasteiger partial charge in [-0.3, -0.25) is 0 Å². The first-order valence-corrected chi connectivity index (χ1v) is 34.7. The van der Waals surface area contributed by atoms with Crippen LogP contribution in [0.25, 0.3) is 65.4 Å². The van der Waals surface area contributed by atoms with E-state index in [0.29, 0.717) is 0 Å². The molecule has 0 spiro atoms. The standard InChI is InChI=1S/C94H62F2N2O2S/c1-3-61-23-44-77(45-24-61)99-79-48-28-67(29-49-79)93(65-15-7-5-8-16-65)87-21-13-11-19-81(87)83-52-41-75(59-89(83)93)97(71-37-32-69(95)33-38-71)73-36-27-63-57-92-85(56-64(63)55-73)86-58-74(43-54-91(86)101-92)98(72-39-34-70(96)35-40-72)76-42-53-84-82-20-12-14-22-88(82)94(90(84)60-76,66-17-9-6-10-18-66)68-30-50-80(51-31-68)100-78-46-25-62(4-2)26-47-78/h3-60H,1-2H2. The van der Waals surface area contributed by atoms with Crippen LogP contribution in [0.2, 0.25) is 0 Å². The highest BCUT2D eigenvalue weighted by molar-refractivity contribution is 7.25. The zero-order chi connectivity index (χ0) is 67.8. The van der Waals surface area contributed by atoms with Gasteiger partial charge in [0.15, 0.2) is 0 Å². The van der Waals surface area contributed by atoms with E-state index in [1.54, 1.807) is 11.3 Å². The Hall–Kier alpha value is -12.7. The second-order valence-electron chi connectivity index (χ2n) is 25.9. The minimum Gasteiger partial charge on any atom is -0.457 e. The molecular weight excluding hydrogens is 1260 g/mol. The average molecular weight is 1320 g/mol. The summed E-state index contributed by atoms with van der Waals surface area (Å²) in [6, 6.07) is 117. The molecule has 2 atom stereocenters. The Balaban J connectivity index is 0.758. The van der Waals surface area contributed by atoms with Gasteiger partial charge in [0, 0.05) is 54.3 Å². The number of benzene rings is 15. The number of hydrogen-bond donors (Lipinski definition) is 0. The fourth-order valence-electron chi connectivity index (χ4n) is 15.8. The molecule has 2 aliphatic carbocycles. The van der Waals surface area contributed by atoms with Gasteiger partial charge in [0.05, 0.1) is 10.8 Å². The summed E-state index contributed by atoms with van der Waals surface area (Å²) in [6.07, 6.45) is 3.65. The number of rotatable bonds is 16. The predicted octanol–water partition coefficient (Wildman–Crippen LogP) is 26.0. The Morgan fingerprint density at radius 3 is 1.12 bits per heavy atom. The molecule has 1 aromatic heterocycles. The van der Waals surface area contributed by atoms with Crippen molar-refractivity contribution in [1.82, 2.24) is 0 Å². The van der Waals surface area contributed by atoms with Gasteiger partial charge in [-0.15, -0.1) is 11.3 Å². The van der Waals surface area contributed by atoms with E-state index in [9.17, 15) is 0 Å². The van der Waals surface area contributed by atoms with Crippen LogP contribution in [0.15, 0.2) is 353 Å². The van der Waals surface area contributed by atoms with Gasteiger partial charge in [0.2, 0.25) is 0 Å². The Morgan fingerprint density at radius 2 is 0.653 bits per heavy atom. The van der Waals surface area contributed by atoms with Crippen LogP contribution in [0.4, 0.5) is 42.9 Å². The molecule has 2 aliphatic rings. The zero-order valence-electron chi connectivity index (χ0n) is 54.8. The van der Waals surface area contributed by atoms with Crippen LogP contribution in [0, 0.1) is 11.6 Å². The maximum atomic E-state index is 15.2. The number of fused-ring (bicyclic) bond motifs is 10. The summed E-state index contributed by atoms with van der Waals surface area (Å²) >= 11 is 1.77. The Labute approximate surface area is 589 Å². The molecule has 480 valence electrons. The van der Waals surface area contributed by atoms with Crippen molar-refractivity contribution in [3.05, 3.63) is 420 Å². The average Bonchev–Trinajstić information content (AvgIpc) is 1.55. The van der Waals surface area contributed by atoms with Crippen molar-refractivity contribution in [2.24, 2.45) is 0 Å². The molecule has 1 heterocycles. The van der Waals surface area contributed by atoms with Gasteiger partial charge in [-0.25, -0.2) is 8.78 Å². The highest BCUT2D eigenvalue weighted by Crippen LogP contribution is 2.60. The molecule has 101 heavy (non-hydrogen) atoms. The lowest BCUT2D eigenvalue weighted by Gasteiger charge is -2.35. The molecule has 16 aromatic rings. The molecular formula is C94H62F2N2O2S. The van der Waals surface area contributed by atoms with Gasteiger partial charge in [0.25, 0.3) is 0 Å². The van der Waals surface area contributed by atoms with Gasteiger partial charge < -0.3 is 19.3 Å². The largest absolute Gasteiger partial charge is 0.457 e. The van der Waals surface area contributed by atoms with Crippen LogP contribution in [0.1, 0.15) is 55.6 Å². The summed E-state index contributed by atoms with van der Waals surface area (Å²) in [6.45, 7) is 7.83. The Bertz CT molecular complexity index is 5870. The number of hydrogen-bond acceptors (Lipinski definition) is 5. The molecule has 0 radical (unpaired) electrons. The van der Waals surface area contributed by atoms with E-state index in [4.69, 9.17) is 9.47 Å². The lowest BCUT2D eigenvalue weighted by Crippen LogP contribution is -2.28. The highest BCUT2D eigenvalue weighted by atomic mass is 32.1. The molecule has 0 fully saturated rings. The number of anilines is 6. The molecule has 0 bridgehead atoms. The number of ether oxygens (including phenoxy) is 2. The fourth-order valence-corrected chi connectivity index (χ4v) is 16.9. The van der Waals surface area contributed by atoms with Crippen molar-refractivity contribution >= 4 is 88.6 Å². The van der Waals surface area contributed by atoms with Crippen molar-refractivity contribution in [2.45, 2.75) is 10.8 Å². The number of halogens is 2. The molecule has 0 saturated carbocycles. The van der Waals surface area contributed by atoms with E-state index in [0.717, 1.165) is 155 Å². The second-order valence-corrected chi connectivity index (χ2v) is 27.0. The minimum absolute atomic E-state index is 0.312. The third-order valence-electron chi connectivity index (χ3n) is 20.3. The van der Waals surface area contributed by atoms with Crippen molar-refractivity contribution in [3.63, 3.8) is 0 Å². The normalized spacial score (nSPS) is 14.8. The smallest absolute Gasteiger partial charge is 0.127 e. The first-order chi connectivity index (χ1) is 49.7. The highest BCUT2D eigenvalue weighted by Gasteiger charge is 2.48. The van der Waals surface area contributed by atoms with Crippen LogP contribution in [0.5, 0.6) is 23.0 Å². The zero-order valence-corrected chi connectivity index (χ0v) is 55.6. The SMILES string of the molecule is C=Cc1ccc(Oc2ccc(C3(c4ccccc4)c4ccccc4-c4ccc(N(c5ccc(F)cc5)c5ccc6cc7sc8ccc(N(c9ccc(F)cc9)c9ccc%10c(c9)C(c9ccccc9)(c9ccc(Oc%11ccc(C=C)cc%11)cc9)c9ccccc9-%10)cc8c7cc6c5)cc43)cc2)cc1. The summed E-state index contributed by atoms with van der Waals surface area (Å²) in [5.41, 5.74) is 19.6. The number of thiophene rings is 1. The van der Waals surface area contributed by atoms with Crippen molar-refractivity contribution in [3.8, 4) is 45.3 Å². The summed E-state index contributed by atoms with van der Waals surface area (Å²) in [5, 5.41) is 4.35. The predicted molar refractivity (Wildman–Crippen MR) is 414 cm³/mol. The first-order valence-electron chi connectivity index (χ1n) is 33.8. The van der Waals surface area contributed by atoms with Crippen LogP contribution < -0.4 is 19.3 Å². The molecule has 4 nitrogen and oxygen atoms in total. The van der Waals surface area contributed by atoms with Gasteiger partial charge in [-0.1, -0.05) is 201 Å². The summed E-state index contributed by atoms with van der Waals surface area (Å²) in [5.74, 6) is 2.32. The van der Waals surface area contributed by atoms with Crippen molar-refractivity contribution in [2.75, 3.05) is 9.80 Å². The maximum absolute atomic E-state index is 15.2. The Morgan fingerprint density at radius 1 is 0.287 bits per heavy atom. The molecule has 0 N–H and O–H groups in total. The summed E-state index contributed by atoms with van der Waals surface area (Å²) < 4.78 is 45.5. The van der Waals surface area contributed by atoms with Gasteiger partial charge >= 0.3 is 0 Å². The quantitative estimate of drug-likeness (QED) is 0.0963. The van der Waals surface area contributed by atoms with Crippen molar-refractivity contribution < 1.29 is 18.3 Å². The van der Waals surface area contributed by atoms with Crippen LogP contribution in [-0.4, -0.2) is 0 Å². The van der Waals surface area contributed by atoms with E-state index in [2.05, 4.69) is 266 Å². The molecule has 15 aromatic carbocycles. The molecule has 2 unspecified atom stereocenters. The van der Waals surface area contributed by atoms with E-state index in [1.807, 2.05) is 84.9 Å². The van der Waals surface area contributed by atoms with E-state index in [-0.39, 0.29) is 11.6 Å². The third kappa shape index (κ3) is 10.2. The van der Waals surface area contributed by atoms with Crippen LogP contribution in [-0.2, 0) is 10.8 Å². The van der Waals surface area contributed by atoms with Gasteiger partial charge in [-0.05, 0) is 252 Å². The molecule has 18 rings (SSSR count). The molecule has 0 aliphatic heterocycles. The van der Waals surface area contributed by atoms with E-state index < -0.39 is 10.8 Å². The summed E-state index contributed by atoms with van der Waals surface area (Å²) in [7, 11) is 0. The van der Waals surface area contributed by atoms with Crippen LogP contribution >= 0.6 is 11.3 Å². The Kier molecular flexibility index (Phi) is 14.8. The number of nitrogens with zero attached hydrogens (tertiary/aromatic N) is 2. The molecule has 7 heteroatoms. The minimum atomic E-state index is -0.732. The van der Waals surface area contributed by atoms with E-state index in [1.165, 1.54) is 35.4 Å². The van der Waals surface area contributed by atoms with E-state index >= 15 is 8.78 Å². The molecule has 0 amide bonds. The molecule has 0 saturated heterocycles. The maximum Gasteiger partial charge on any atom is 0.127 e. The third-order valence-corrected chi connectivity index (χ3v) is 21.5. The van der Waals surface area contributed by atoms with Crippen molar-refractivity contribution in [1.29, 1.82) is 0 Å². The first kappa shape index (κ1) is 60.7. The second kappa shape index (κ2) is 24.7.